The summed E-state index contributed by atoms with van der Waals surface area (Å²) >= 11 is 6.24. The molecule has 3 aromatic rings. The fourth-order valence-corrected chi connectivity index (χ4v) is 2.77. The molecule has 0 amide bonds. The first kappa shape index (κ1) is 16.2. The van der Waals surface area contributed by atoms with Crippen LogP contribution in [0.4, 0.5) is 17.7 Å². The van der Waals surface area contributed by atoms with E-state index in [1.165, 1.54) is 0 Å². The number of hydrogen-bond acceptors (Lipinski definition) is 7. The summed E-state index contributed by atoms with van der Waals surface area (Å²) in [5.41, 5.74) is 7.42. The molecule has 1 atom stereocenters. The molecule has 0 bridgehead atoms. The van der Waals surface area contributed by atoms with Crippen molar-refractivity contribution in [2.45, 2.75) is 19.9 Å². The van der Waals surface area contributed by atoms with Crippen LogP contribution in [0.15, 0.2) is 24.3 Å². The van der Waals surface area contributed by atoms with E-state index in [1.807, 2.05) is 32.2 Å². The van der Waals surface area contributed by atoms with E-state index >= 15 is 0 Å². The van der Waals surface area contributed by atoms with Crippen LogP contribution in [-0.4, -0.2) is 27.0 Å². The van der Waals surface area contributed by atoms with Crippen molar-refractivity contribution in [2.75, 3.05) is 23.4 Å². The van der Waals surface area contributed by atoms with Gasteiger partial charge < -0.3 is 16.4 Å². The minimum Gasteiger partial charge on any atom is -0.373 e. The van der Waals surface area contributed by atoms with Gasteiger partial charge in [-0.25, -0.2) is 4.98 Å². The lowest BCUT2D eigenvalue weighted by Gasteiger charge is -2.18. The third-order valence-corrected chi connectivity index (χ3v) is 3.94. The summed E-state index contributed by atoms with van der Waals surface area (Å²) in [6, 6.07) is 7.67. The number of para-hydroxylation sites is 1. The summed E-state index contributed by atoms with van der Waals surface area (Å²) in [5.74, 6) is 1.93. The number of nitrogens with two attached hydrogens (primary N) is 1. The van der Waals surface area contributed by atoms with E-state index in [1.54, 1.807) is 6.92 Å². The van der Waals surface area contributed by atoms with Crippen molar-refractivity contribution in [1.82, 2.24) is 19.9 Å². The summed E-state index contributed by atoms with van der Waals surface area (Å²) in [6.45, 7) is 3.77. The number of nitrogens with zero attached hydrogens (tertiary/aromatic N) is 4. The summed E-state index contributed by atoms with van der Waals surface area (Å²) in [5, 5.41) is 7.95. The van der Waals surface area contributed by atoms with E-state index < -0.39 is 0 Å². The Morgan fingerprint density at radius 1 is 1.17 bits per heavy atom. The van der Waals surface area contributed by atoms with Gasteiger partial charge in [0.2, 0.25) is 11.9 Å². The van der Waals surface area contributed by atoms with Crippen molar-refractivity contribution in [3.63, 3.8) is 0 Å². The van der Waals surface area contributed by atoms with Gasteiger partial charge in [0.1, 0.15) is 11.6 Å². The van der Waals surface area contributed by atoms with Gasteiger partial charge >= 0.3 is 0 Å². The summed E-state index contributed by atoms with van der Waals surface area (Å²) < 4.78 is 0. The number of fused-ring (bicyclic) bond motifs is 1. The second-order valence-electron chi connectivity index (χ2n) is 5.42. The fraction of sp³-hybridized carbons (Fsp3) is 0.250. The molecular formula is C16H18ClN7. The number of benzene rings is 1. The first-order valence-electron chi connectivity index (χ1n) is 7.49. The van der Waals surface area contributed by atoms with Gasteiger partial charge in [0, 0.05) is 18.0 Å². The van der Waals surface area contributed by atoms with E-state index in [-0.39, 0.29) is 12.0 Å². The third-order valence-electron chi connectivity index (χ3n) is 3.64. The van der Waals surface area contributed by atoms with E-state index in [4.69, 9.17) is 17.3 Å². The summed E-state index contributed by atoms with van der Waals surface area (Å²) in [6.07, 6.45) is 0. The lowest BCUT2D eigenvalue weighted by atomic mass is 10.1. The molecule has 8 heteroatoms. The average Bonchev–Trinajstić information content (AvgIpc) is 2.53. The number of pyridine rings is 1. The fourth-order valence-electron chi connectivity index (χ4n) is 2.55. The number of halogens is 1. The number of hydrogen-bond donors (Lipinski definition) is 3. The van der Waals surface area contributed by atoms with Gasteiger partial charge in [-0.15, -0.1) is 0 Å². The number of anilines is 3. The molecular weight excluding hydrogens is 326 g/mol. The van der Waals surface area contributed by atoms with Gasteiger partial charge in [-0.3, -0.25) is 0 Å². The predicted molar refractivity (Wildman–Crippen MR) is 97.3 cm³/mol. The van der Waals surface area contributed by atoms with E-state index in [9.17, 15) is 0 Å². The Morgan fingerprint density at radius 2 is 1.96 bits per heavy atom. The second kappa shape index (κ2) is 6.45. The minimum atomic E-state index is -0.0930. The van der Waals surface area contributed by atoms with Crippen molar-refractivity contribution >= 4 is 40.2 Å². The Hall–Kier alpha value is -2.67. The molecule has 0 aliphatic heterocycles. The van der Waals surface area contributed by atoms with Crippen molar-refractivity contribution in [2.24, 2.45) is 0 Å². The maximum atomic E-state index is 6.24. The van der Waals surface area contributed by atoms with Gasteiger partial charge in [0.25, 0.3) is 0 Å². The maximum absolute atomic E-state index is 6.24. The van der Waals surface area contributed by atoms with Crippen LogP contribution in [0, 0.1) is 6.92 Å². The molecule has 7 nitrogen and oxygen atoms in total. The Labute approximate surface area is 144 Å². The largest absolute Gasteiger partial charge is 0.373 e. The number of rotatable bonds is 4. The van der Waals surface area contributed by atoms with E-state index in [0.717, 1.165) is 22.3 Å². The molecule has 3 rings (SSSR count). The zero-order chi connectivity index (χ0) is 17.3. The number of nitrogen functional groups attached to an aromatic ring is 1. The van der Waals surface area contributed by atoms with Crippen LogP contribution in [0.2, 0.25) is 5.02 Å². The maximum Gasteiger partial charge on any atom is 0.228 e. The molecule has 0 aliphatic carbocycles. The monoisotopic (exact) mass is 343 g/mol. The Bertz CT molecular complexity index is 877. The van der Waals surface area contributed by atoms with Crippen LogP contribution in [0.25, 0.3) is 10.9 Å². The van der Waals surface area contributed by atoms with Gasteiger partial charge in [0.15, 0.2) is 0 Å². The highest BCUT2D eigenvalue weighted by molar-refractivity contribution is 6.35. The Balaban J connectivity index is 2.00. The average molecular weight is 344 g/mol. The number of nitrogens with one attached hydrogen (secondary N) is 2. The van der Waals surface area contributed by atoms with Crippen molar-refractivity contribution in [3.8, 4) is 0 Å². The molecule has 2 aromatic heterocycles. The molecule has 0 saturated heterocycles. The van der Waals surface area contributed by atoms with Crippen molar-refractivity contribution < 1.29 is 0 Å². The van der Waals surface area contributed by atoms with Crippen LogP contribution in [0.5, 0.6) is 0 Å². The molecule has 1 unspecified atom stereocenters. The highest BCUT2D eigenvalue weighted by Gasteiger charge is 2.15. The smallest absolute Gasteiger partial charge is 0.228 e. The Morgan fingerprint density at radius 3 is 2.67 bits per heavy atom. The first-order valence-corrected chi connectivity index (χ1v) is 7.87. The predicted octanol–water partition coefficient (Wildman–Crippen LogP) is 3.18. The molecule has 0 fully saturated rings. The van der Waals surface area contributed by atoms with Gasteiger partial charge in [0.05, 0.1) is 16.6 Å². The van der Waals surface area contributed by atoms with Crippen LogP contribution in [0.1, 0.15) is 24.4 Å². The molecule has 24 heavy (non-hydrogen) atoms. The lowest BCUT2D eigenvalue weighted by molar-refractivity contribution is 0.846. The molecule has 4 N–H and O–H groups in total. The first-order chi connectivity index (χ1) is 11.5. The number of aryl methyl sites for hydroxylation is 1. The molecule has 0 spiro atoms. The zero-order valence-corrected chi connectivity index (χ0v) is 14.4. The highest BCUT2D eigenvalue weighted by Crippen LogP contribution is 2.30. The standard InChI is InChI=1S/C16H18ClN7/c1-8(20-16-22-9(2)21-15(18)24-16)11-7-10-5-4-6-12(17)13(10)23-14(11)19-3/h4-8H,1-3H3,(H,19,23)(H3,18,20,21,22,24). The van der Waals surface area contributed by atoms with Gasteiger partial charge in [-0.2, -0.15) is 15.0 Å². The normalized spacial score (nSPS) is 12.2. The molecule has 0 saturated carbocycles. The summed E-state index contributed by atoms with van der Waals surface area (Å²) in [7, 11) is 1.83. The topological polar surface area (TPSA) is 102 Å². The lowest BCUT2D eigenvalue weighted by Crippen LogP contribution is -2.14. The van der Waals surface area contributed by atoms with Crippen LogP contribution in [-0.2, 0) is 0 Å². The summed E-state index contributed by atoms with van der Waals surface area (Å²) in [4.78, 5) is 17.0. The Kier molecular flexibility index (Phi) is 4.35. The van der Waals surface area contributed by atoms with Crippen LogP contribution < -0.4 is 16.4 Å². The SMILES string of the molecule is CNc1nc2c(Cl)cccc2cc1C(C)Nc1nc(C)nc(N)n1. The number of aromatic nitrogens is 4. The van der Waals surface area contributed by atoms with Gasteiger partial charge in [-0.1, -0.05) is 23.7 Å². The quantitative estimate of drug-likeness (QED) is 0.668. The van der Waals surface area contributed by atoms with E-state index in [0.29, 0.717) is 16.8 Å². The molecule has 0 radical (unpaired) electrons. The molecule has 1 aromatic carbocycles. The minimum absolute atomic E-state index is 0.0930. The molecule has 2 heterocycles. The van der Waals surface area contributed by atoms with E-state index in [2.05, 4.69) is 36.6 Å². The van der Waals surface area contributed by atoms with Crippen LogP contribution in [0.3, 0.4) is 0 Å². The third kappa shape index (κ3) is 3.16. The second-order valence-corrected chi connectivity index (χ2v) is 5.83. The van der Waals surface area contributed by atoms with Crippen molar-refractivity contribution in [3.05, 3.63) is 40.7 Å². The zero-order valence-electron chi connectivity index (χ0n) is 13.6. The van der Waals surface area contributed by atoms with Crippen molar-refractivity contribution in [1.29, 1.82) is 0 Å². The van der Waals surface area contributed by atoms with Crippen LogP contribution >= 0.6 is 11.6 Å². The highest BCUT2D eigenvalue weighted by atomic mass is 35.5. The van der Waals surface area contributed by atoms with Gasteiger partial charge in [-0.05, 0) is 26.0 Å². The molecule has 0 aliphatic rings. The molecule has 124 valence electrons.